The third-order valence-electron chi connectivity index (χ3n) is 3.98. The highest BCUT2D eigenvalue weighted by Crippen LogP contribution is 2.30. The molecule has 0 atom stereocenters. The molecule has 0 saturated carbocycles. The summed E-state index contributed by atoms with van der Waals surface area (Å²) in [5.74, 6) is -0.605. The second kappa shape index (κ2) is 9.03. The molecule has 11 heteroatoms. The fourth-order valence-corrected chi connectivity index (χ4v) is 2.52. The molecule has 3 aromatic rings. The number of pyridine rings is 1. The Morgan fingerprint density at radius 1 is 1.10 bits per heavy atom. The molecule has 0 spiro atoms. The van der Waals surface area contributed by atoms with Crippen molar-refractivity contribution in [2.75, 3.05) is 5.32 Å². The lowest BCUT2D eigenvalue weighted by Gasteiger charge is -2.12. The molecular weight excluding hydrogens is 415 g/mol. The van der Waals surface area contributed by atoms with E-state index in [9.17, 15) is 28.1 Å². The number of amides is 1. The predicted octanol–water partition coefficient (Wildman–Crippen LogP) is 4.52. The van der Waals surface area contributed by atoms with E-state index < -0.39 is 22.7 Å². The number of non-ortho nitro benzene ring substituents is 1. The molecule has 8 nitrogen and oxygen atoms in total. The van der Waals surface area contributed by atoms with Gasteiger partial charge in [-0.15, -0.1) is 0 Å². The van der Waals surface area contributed by atoms with Gasteiger partial charge in [0, 0.05) is 24.0 Å². The Morgan fingerprint density at radius 2 is 1.81 bits per heavy atom. The average molecular weight is 429 g/mol. The number of nitro groups is 1. The van der Waals surface area contributed by atoms with Gasteiger partial charge >= 0.3 is 6.18 Å². The minimum Gasteiger partial charge on any atom is -0.355 e. The van der Waals surface area contributed by atoms with Crippen LogP contribution in [-0.4, -0.2) is 22.0 Å². The molecule has 3 rings (SSSR count). The van der Waals surface area contributed by atoms with Gasteiger partial charge in [-0.2, -0.15) is 18.3 Å². The summed E-state index contributed by atoms with van der Waals surface area (Å²) in [5.41, 5.74) is 2.22. The summed E-state index contributed by atoms with van der Waals surface area (Å²) in [5, 5.41) is 17.2. The molecule has 0 radical (unpaired) electrons. The summed E-state index contributed by atoms with van der Waals surface area (Å²) in [6.45, 7) is 0. The second-order valence-corrected chi connectivity index (χ2v) is 6.15. The normalized spacial score (nSPS) is 11.3. The smallest absolute Gasteiger partial charge is 0.355 e. The van der Waals surface area contributed by atoms with E-state index >= 15 is 0 Å². The molecule has 1 amide bonds. The van der Waals surface area contributed by atoms with Crippen LogP contribution >= 0.6 is 0 Å². The highest BCUT2D eigenvalue weighted by Gasteiger charge is 2.32. The van der Waals surface area contributed by atoms with Crippen molar-refractivity contribution in [1.29, 1.82) is 0 Å². The summed E-state index contributed by atoms with van der Waals surface area (Å²) in [4.78, 5) is 25.9. The summed E-state index contributed by atoms with van der Waals surface area (Å²) in [6, 6.07) is 13.9. The highest BCUT2D eigenvalue weighted by atomic mass is 19.4. The Balaban J connectivity index is 1.72. The number of carbonyl (C=O) groups excluding carboxylic acids is 1. The lowest BCUT2D eigenvalue weighted by atomic mass is 10.1. The van der Waals surface area contributed by atoms with Gasteiger partial charge in [-0.1, -0.05) is 12.1 Å². The molecule has 0 unspecified atom stereocenters. The number of hydrazone groups is 1. The Labute approximate surface area is 173 Å². The van der Waals surface area contributed by atoms with Gasteiger partial charge in [0.2, 0.25) is 0 Å². The maximum atomic E-state index is 12.9. The van der Waals surface area contributed by atoms with Crippen molar-refractivity contribution in [3.63, 3.8) is 0 Å². The Morgan fingerprint density at radius 3 is 2.48 bits per heavy atom. The van der Waals surface area contributed by atoms with Crippen LogP contribution in [0.25, 0.3) is 0 Å². The van der Waals surface area contributed by atoms with Crippen molar-refractivity contribution in [1.82, 2.24) is 10.4 Å². The number of benzene rings is 2. The van der Waals surface area contributed by atoms with Gasteiger partial charge < -0.3 is 5.32 Å². The molecule has 158 valence electrons. The van der Waals surface area contributed by atoms with E-state index in [1.54, 1.807) is 12.1 Å². The number of rotatable bonds is 6. The van der Waals surface area contributed by atoms with Crippen molar-refractivity contribution in [3.8, 4) is 0 Å². The molecule has 2 aromatic carbocycles. The number of anilines is 2. The van der Waals surface area contributed by atoms with E-state index in [-0.39, 0.29) is 22.6 Å². The van der Waals surface area contributed by atoms with Crippen LogP contribution in [0.4, 0.5) is 30.2 Å². The molecule has 0 fully saturated rings. The van der Waals surface area contributed by atoms with E-state index in [1.807, 2.05) is 0 Å². The van der Waals surface area contributed by atoms with Gasteiger partial charge in [-0.3, -0.25) is 19.9 Å². The number of nitrogens with one attached hydrogen (secondary N) is 2. The number of halogens is 3. The fraction of sp³-hybridized carbons (Fsp3) is 0.0500. The average Bonchev–Trinajstić information content (AvgIpc) is 2.74. The molecule has 31 heavy (non-hydrogen) atoms. The standard InChI is InChI=1S/C20H14F3N5O3/c21-20(22,23)18-11-14(9-10-24-18)26-17-4-2-1-3-16(17)19(29)27-25-12-13-5-7-15(8-6-13)28(30)31/h1-12H,(H,24,26)(H,27,29)/b25-12+. The van der Waals surface area contributed by atoms with E-state index in [4.69, 9.17) is 0 Å². The SMILES string of the molecule is O=C(N/N=C/c1ccc([N+](=O)[O-])cc1)c1ccccc1Nc1ccnc(C(F)(F)F)c1. The molecule has 1 heterocycles. The Hall–Kier alpha value is -4.28. The molecule has 0 aliphatic carbocycles. The Bertz CT molecular complexity index is 1130. The molecule has 0 bridgehead atoms. The molecule has 0 aliphatic rings. The summed E-state index contributed by atoms with van der Waals surface area (Å²) >= 11 is 0. The van der Waals surface area contributed by atoms with Gasteiger partial charge in [0.1, 0.15) is 5.69 Å². The van der Waals surface area contributed by atoms with Crippen LogP contribution in [0, 0.1) is 10.1 Å². The van der Waals surface area contributed by atoms with Crippen LogP contribution in [0.3, 0.4) is 0 Å². The zero-order valence-corrected chi connectivity index (χ0v) is 15.6. The number of carbonyl (C=O) groups is 1. The largest absolute Gasteiger partial charge is 0.433 e. The first-order valence-corrected chi connectivity index (χ1v) is 8.71. The summed E-state index contributed by atoms with van der Waals surface area (Å²) in [7, 11) is 0. The maximum Gasteiger partial charge on any atom is 0.433 e. The second-order valence-electron chi connectivity index (χ2n) is 6.15. The van der Waals surface area contributed by atoms with Crippen molar-refractivity contribution in [3.05, 3.63) is 93.8 Å². The predicted molar refractivity (Wildman–Crippen MR) is 107 cm³/mol. The summed E-state index contributed by atoms with van der Waals surface area (Å²) in [6.07, 6.45) is -2.28. The van der Waals surface area contributed by atoms with Gasteiger partial charge in [-0.25, -0.2) is 5.43 Å². The van der Waals surface area contributed by atoms with E-state index in [0.29, 0.717) is 5.56 Å². The molecule has 1 aromatic heterocycles. The van der Waals surface area contributed by atoms with E-state index in [2.05, 4.69) is 20.8 Å². The van der Waals surface area contributed by atoms with Crippen LogP contribution in [0.1, 0.15) is 21.6 Å². The quantitative estimate of drug-likeness (QED) is 0.340. The van der Waals surface area contributed by atoms with Gasteiger partial charge in [0.15, 0.2) is 0 Å². The van der Waals surface area contributed by atoms with Crippen molar-refractivity contribution >= 4 is 29.2 Å². The van der Waals surface area contributed by atoms with Crippen LogP contribution in [0.2, 0.25) is 0 Å². The maximum absolute atomic E-state index is 12.9. The first kappa shape index (κ1) is 21.4. The third-order valence-corrected chi connectivity index (χ3v) is 3.98. The number of nitrogens with zero attached hydrogens (tertiary/aromatic N) is 3. The van der Waals surface area contributed by atoms with E-state index in [1.165, 1.54) is 48.7 Å². The zero-order valence-electron chi connectivity index (χ0n) is 15.6. The van der Waals surface area contributed by atoms with Gasteiger partial charge in [-0.05, 0) is 42.0 Å². The highest BCUT2D eigenvalue weighted by molar-refractivity contribution is 6.00. The van der Waals surface area contributed by atoms with Crippen LogP contribution < -0.4 is 10.7 Å². The number of hydrogen-bond acceptors (Lipinski definition) is 6. The fourth-order valence-electron chi connectivity index (χ4n) is 2.52. The molecule has 0 saturated heterocycles. The minimum atomic E-state index is -4.60. The topological polar surface area (TPSA) is 110 Å². The van der Waals surface area contributed by atoms with Gasteiger partial charge in [0.05, 0.1) is 22.4 Å². The molecule has 2 N–H and O–H groups in total. The van der Waals surface area contributed by atoms with Crippen LogP contribution in [0.5, 0.6) is 0 Å². The lowest BCUT2D eigenvalue weighted by molar-refractivity contribution is -0.384. The monoisotopic (exact) mass is 429 g/mol. The molecular formula is C20H14F3N5O3. The Kier molecular flexibility index (Phi) is 6.24. The first-order valence-electron chi connectivity index (χ1n) is 8.71. The number of alkyl halides is 3. The number of aromatic nitrogens is 1. The van der Waals surface area contributed by atoms with E-state index in [0.717, 1.165) is 12.3 Å². The van der Waals surface area contributed by atoms with Crippen molar-refractivity contribution in [2.45, 2.75) is 6.18 Å². The number of nitro benzene ring substituents is 1. The number of hydrogen-bond donors (Lipinski definition) is 2. The molecule has 0 aliphatic heterocycles. The van der Waals surface area contributed by atoms with Crippen molar-refractivity contribution in [2.24, 2.45) is 5.10 Å². The van der Waals surface area contributed by atoms with Crippen molar-refractivity contribution < 1.29 is 22.9 Å². The lowest BCUT2D eigenvalue weighted by Crippen LogP contribution is -2.19. The van der Waals surface area contributed by atoms with Crippen LogP contribution in [-0.2, 0) is 6.18 Å². The first-order chi connectivity index (χ1) is 14.7. The third kappa shape index (κ3) is 5.63. The zero-order chi connectivity index (χ0) is 22.4. The number of para-hydroxylation sites is 1. The summed E-state index contributed by atoms with van der Waals surface area (Å²) < 4.78 is 38.6. The van der Waals surface area contributed by atoms with Gasteiger partial charge in [0.25, 0.3) is 11.6 Å². The van der Waals surface area contributed by atoms with Crippen LogP contribution in [0.15, 0.2) is 72.0 Å². The minimum absolute atomic E-state index is 0.0778.